The second kappa shape index (κ2) is 57.4. The molecule has 5 saturated carbocycles. The fourth-order valence-corrected chi connectivity index (χ4v) is 12.2. The SMILES string of the molecule is BrCC1CC1.C.CC(C)(C)[S@@](N)=O.CC(C)C(=N[S@@](=O)C(C)(C)C)c1ccc(F)c(OCC2CC2)c1.CC(C)C(=O)c1ccc(F)c(OCC2CC2)c1.CC(C)[C@@H](C[S@@](=O)C(C)(C)C)c1ccc(F)c(OCC2CC2)c1.CON(C)C(=O)c1ccc(F)c(O)c1.CON(C)C(=O)c1ccc(F)c(OCC2CC2)c1.C[CH-]C.O=C(O)c1ccc(F)c(O)c1.[Br-].[Mg+2]. The molecule has 0 radical (unpaired) electrons. The van der Waals surface area contributed by atoms with E-state index in [-0.39, 0.29) is 126 Å². The Morgan fingerprint density at radius 3 is 1.10 bits per heavy atom. The molecule has 124 heavy (non-hydrogen) atoms. The number of nitrogens with two attached hydrogens (primary N) is 1. The van der Waals surface area contributed by atoms with E-state index in [1.807, 2.05) is 122 Å². The third kappa shape index (κ3) is 45.5. The average molecular weight is 1940 g/mol. The van der Waals surface area contributed by atoms with Crippen LogP contribution in [0, 0.1) is 88.7 Å². The summed E-state index contributed by atoms with van der Waals surface area (Å²) in [5, 5.41) is 34.4. The Bertz CT molecular complexity index is 4380. The van der Waals surface area contributed by atoms with Gasteiger partial charge in [0.15, 0.2) is 75.2 Å². The fourth-order valence-electron chi connectivity index (χ4n) is 9.35. The van der Waals surface area contributed by atoms with Crippen LogP contribution in [-0.2, 0) is 42.4 Å². The van der Waals surface area contributed by atoms with E-state index < -0.39 is 84.2 Å². The van der Waals surface area contributed by atoms with E-state index in [4.69, 9.17) is 44.2 Å². The van der Waals surface area contributed by atoms with Gasteiger partial charge in [0.2, 0.25) is 0 Å². The topological polar surface area (TPSA) is 280 Å². The molecular formula is C92H132Br2F6MgN4O16S3. The van der Waals surface area contributed by atoms with Crippen molar-refractivity contribution in [2.24, 2.45) is 56.9 Å². The molecule has 32 heteroatoms. The number of alkyl halides is 1. The molecule has 0 bridgehead atoms. The number of amides is 2. The molecule has 5 N–H and O–H groups in total. The van der Waals surface area contributed by atoms with Gasteiger partial charge in [0.25, 0.3) is 11.8 Å². The zero-order valence-electron chi connectivity index (χ0n) is 75.0. The molecule has 0 aromatic heterocycles. The van der Waals surface area contributed by atoms with Crippen LogP contribution >= 0.6 is 15.9 Å². The fraction of sp³-hybridized carbons (Fsp3) is 0.543. The van der Waals surface area contributed by atoms with E-state index in [0.717, 1.165) is 102 Å². The Hall–Kier alpha value is -6.49. The number of carbonyl (C=O) groups is 4. The molecule has 692 valence electrons. The summed E-state index contributed by atoms with van der Waals surface area (Å²) in [6, 6.07) is 24.4. The van der Waals surface area contributed by atoms with Gasteiger partial charge in [0.05, 0.1) is 72.4 Å². The first-order chi connectivity index (χ1) is 56.5. The Labute approximate surface area is 775 Å². The van der Waals surface area contributed by atoms with Gasteiger partial charge in [-0.25, -0.2) is 49.7 Å². The number of ketones is 1. The van der Waals surface area contributed by atoms with Gasteiger partial charge in [-0.15, -0.1) is 0 Å². The molecule has 0 aliphatic heterocycles. The van der Waals surface area contributed by atoms with Crippen molar-refractivity contribution in [3.63, 3.8) is 0 Å². The van der Waals surface area contributed by atoms with E-state index in [2.05, 4.69) is 39.0 Å². The maximum atomic E-state index is 14.0. The Morgan fingerprint density at radius 2 is 0.806 bits per heavy atom. The zero-order chi connectivity index (χ0) is 91.6. The minimum absolute atomic E-state index is 0. The van der Waals surface area contributed by atoms with Gasteiger partial charge in [-0.3, -0.25) is 33.4 Å². The Morgan fingerprint density at radius 1 is 0.500 bits per heavy atom. The number of benzene rings is 6. The van der Waals surface area contributed by atoms with E-state index >= 15 is 0 Å². The molecule has 5 aliphatic carbocycles. The van der Waals surface area contributed by atoms with Crippen molar-refractivity contribution < 1.29 is 119 Å². The summed E-state index contributed by atoms with van der Waals surface area (Å²) < 4.78 is 141. The largest absolute Gasteiger partial charge is 2.00 e. The van der Waals surface area contributed by atoms with Gasteiger partial charge in [-0.2, -0.15) is 18.2 Å². The van der Waals surface area contributed by atoms with Crippen LogP contribution in [-0.4, -0.2) is 170 Å². The number of carbonyl (C=O) groups excluding carboxylic acids is 3. The predicted octanol–water partition coefficient (Wildman–Crippen LogP) is 18.2. The predicted molar refractivity (Wildman–Crippen MR) is 485 cm³/mol. The molecule has 11 rings (SSSR count). The van der Waals surface area contributed by atoms with E-state index in [1.54, 1.807) is 12.1 Å². The van der Waals surface area contributed by atoms with E-state index in [1.165, 1.54) is 114 Å². The van der Waals surface area contributed by atoms with Crippen LogP contribution in [0.1, 0.15) is 248 Å². The molecule has 4 atom stereocenters. The maximum absolute atomic E-state index is 14.0. The number of aromatic carboxylic acids is 1. The number of hydrogen-bond donors (Lipinski definition) is 4. The normalized spacial score (nSPS) is 14.7. The number of carboxylic acids is 1. The third-order valence-corrected chi connectivity index (χ3v) is 23.9. The van der Waals surface area contributed by atoms with Gasteiger partial charge in [0, 0.05) is 68.9 Å². The van der Waals surface area contributed by atoms with Crippen LogP contribution in [0.25, 0.3) is 0 Å². The minimum atomic E-state index is -1.35. The number of rotatable bonds is 27. The first-order valence-electron chi connectivity index (χ1n) is 40.5. The van der Waals surface area contributed by atoms with Crippen molar-refractivity contribution in [2.45, 2.75) is 209 Å². The van der Waals surface area contributed by atoms with E-state index in [9.17, 15) is 58.1 Å². The van der Waals surface area contributed by atoms with Crippen LogP contribution in [0.15, 0.2) is 114 Å². The van der Waals surface area contributed by atoms with Crippen molar-refractivity contribution >= 4 is 101 Å². The van der Waals surface area contributed by atoms with Gasteiger partial charge in [0.1, 0.15) is 11.0 Å². The average Bonchev–Trinajstić information content (AvgIpc) is 1.43. The number of hydroxylamine groups is 4. The molecule has 0 unspecified atom stereocenters. The summed E-state index contributed by atoms with van der Waals surface area (Å²) in [5.74, 6) is -1.01. The molecule has 20 nitrogen and oxygen atoms in total. The van der Waals surface area contributed by atoms with Gasteiger partial charge < -0.3 is 57.7 Å². The van der Waals surface area contributed by atoms with Crippen molar-refractivity contribution in [3.05, 3.63) is 184 Å². The summed E-state index contributed by atoms with van der Waals surface area (Å²) in [4.78, 5) is 54.7. The van der Waals surface area contributed by atoms with Crippen molar-refractivity contribution in [2.75, 3.05) is 65.8 Å². The summed E-state index contributed by atoms with van der Waals surface area (Å²) in [6.07, 6.45) is 14.2. The van der Waals surface area contributed by atoms with Crippen LogP contribution in [0.3, 0.4) is 0 Å². The van der Waals surface area contributed by atoms with Gasteiger partial charge >= 0.3 is 29.0 Å². The molecule has 5 fully saturated rings. The van der Waals surface area contributed by atoms with Crippen LogP contribution in [0.4, 0.5) is 26.3 Å². The second-order valence-corrected chi connectivity index (χ2v) is 40.4. The molecule has 0 heterocycles. The number of nitrogens with zero attached hydrogens (tertiary/aromatic N) is 3. The minimum Gasteiger partial charge on any atom is -1.00 e. The number of phenols is 2. The molecule has 6 aromatic rings. The third-order valence-electron chi connectivity index (χ3n) is 18.3. The quantitative estimate of drug-likeness (QED) is 0.00709. The molecule has 2 amide bonds. The number of phenolic OH excluding ortho intramolecular Hbond substituents is 2. The first kappa shape index (κ1) is 118. The maximum Gasteiger partial charge on any atom is 2.00 e. The second-order valence-electron chi connectivity index (χ2n) is 33.8. The smallest absolute Gasteiger partial charge is 1.00 e. The molecule has 0 saturated heterocycles. The van der Waals surface area contributed by atoms with E-state index in [0.29, 0.717) is 78.6 Å². The molecule has 0 spiro atoms. The standard InChI is InChI=1S/C19H29FO2S.C18H26FNO2S.C14H17FO2.C13H16FNO3.C9H10FNO3.C7H5FO3.C4H7Br.C4H11NOS.C3H7.CH4.BrH.Mg/c1-13(2)16(12-23(21)19(3,4)5)15-8-9-17(20)18(10-15)22-11-14-6-7-14;1-12(2)17(20-23(21)18(3,4)5)14-8-9-15(19)16(10-14)22-11-13-6-7-13;1-9(2)14(16)11-5-6-12(15)13(7-11)17-8-10-3-4-10;1-15(17-2)13(16)10-5-6-11(14)12(7-10)18-8-9-3-4-9;1-11(14-2)9(13)6-3-4-7(10)8(12)5-6;8-5-2-1-4(7(10)11)3-6(5)9;5-3-4-1-2-4;1-4(2,3)7(5)6;1-3-2;;;/h8-10,13-14,16H,6-7,11-12H2,1-5H3;8-10,12-13H,6-7,11H2,1-5H3;5-7,9-10H,3-4,8H2,1-2H3;5-7,9H,3-4,8H2,1-2H3;3-5,12H,1-2H3;1-3,9H,(H,10,11);4H,1-3H2;5H2,1-3H3;3H,1-2H3;1H4;1H;/q;;;;;;;;-1;;;+2/p-1/t16-,23-;23-;;;;;;7-;;;;/m10.....0..../s1. The number of Topliss-reactive ketones (excluding diaryl/α,β-unsaturated/α-hetero) is 1. The summed E-state index contributed by atoms with van der Waals surface area (Å²) in [7, 11) is 2.18. The molecular weight excluding hydrogens is 1810 g/mol. The molecule has 6 aromatic carbocycles. The summed E-state index contributed by atoms with van der Waals surface area (Å²) in [5.41, 5.74) is 3.39. The zero-order valence-corrected chi connectivity index (χ0v) is 82.0. The first-order valence-corrected chi connectivity index (χ1v) is 45.2. The van der Waals surface area contributed by atoms with Crippen LogP contribution < -0.4 is 41.1 Å². The number of halogens is 8. The molecule has 5 aliphatic rings. The van der Waals surface area contributed by atoms with Crippen molar-refractivity contribution in [1.82, 2.24) is 10.1 Å². The van der Waals surface area contributed by atoms with Crippen LogP contribution in [0.2, 0.25) is 0 Å². The Balaban J connectivity index is 0.00000142. The van der Waals surface area contributed by atoms with Crippen molar-refractivity contribution in [1.29, 1.82) is 0 Å². The Kier molecular flexibility index (Phi) is 54.4. The number of carboxylic acid groups (broad SMARTS) is 1. The number of hydrogen-bond acceptors (Lipinski definition) is 15. The van der Waals surface area contributed by atoms with Crippen molar-refractivity contribution in [3.8, 4) is 34.5 Å². The van der Waals surface area contributed by atoms with Crippen LogP contribution in [0.5, 0.6) is 34.5 Å². The monoisotopic (exact) mass is 1940 g/mol. The summed E-state index contributed by atoms with van der Waals surface area (Å²) >= 11 is 3.38. The summed E-state index contributed by atoms with van der Waals surface area (Å²) in [6.45, 7) is 35.3. The van der Waals surface area contributed by atoms with Gasteiger partial charge in [-0.05, 0) is 283 Å². The number of ether oxygens (including phenoxy) is 4. The number of aromatic hydroxyl groups is 2. The van der Waals surface area contributed by atoms with Gasteiger partial charge in [-0.1, -0.05) is 71.0 Å².